The van der Waals surface area contributed by atoms with Crippen molar-refractivity contribution >= 4 is 39.9 Å². The first-order valence-corrected chi connectivity index (χ1v) is 6.93. The van der Waals surface area contributed by atoms with E-state index in [0.717, 1.165) is 0 Å². The van der Waals surface area contributed by atoms with Gasteiger partial charge < -0.3 is 4.98 Å². The summed E-state index contributed by atoms with van der Waals surface area (Å²) in [6.45, 7) is 0. The SMILES string of the molecule is O=C(c1ccccc1)c1c[nH]c2c(Cl)cc(Cl)cc2c1=O. The van der Waals surface area contributed by atoms with Crippen molar-refractivity contribution in [3.05, 3.63) is 80.1 Å². The van der Waals surface area contributed by atoms with Gasteiger partial charge in [0.15, 0.2) is 5.78 Å². The normalized spacial score (nSPS) is 10.8. The molecule has 1 N–H and O–H groups in total. The number of nitrogens with one attached hydrogen (secondary N) is 1. The predicted octanol–water partition coefficient (Wildman–Crippen LogP) is 4.07. The highest BCUT2D eigenvalue weighted by molar-refractivity contribution is 6.38. The number of hydrogen-bond donors (Lipinski definition) is 1. The van der Waals surface area contributed by atoms with Crippen molar-refractivity contribution in [3.63, 3.8) is 0 Å². The standard InChI is InChI=1S/C16H9Cl2NO2/c17-10-6-11-14(13(18)7-10)19-8-12(16(11)21)15(20)9-4-2-1-3-5-9/h1-8H,(H,19,21). The van der Waals surface area contributed by atoms with Crippen LogP contribution in [0.25, 0.3) is 10.9 Å². The van der Waals surface area contributed by atoms with Gasteiger partial charge in [0.2, 0.25) is 5.43 Å². The molecule has 0 unspecified atom stereocenters. The van der Waals surface area contributed by atoms with Crippen molar-refractivity contribution in [1.29, 1.82) is 0 Å². The van der Waals surface area contributed by atoms with Crippen LogP contribution in [0.15, 0.2) is 53.5 Å². The molecule has 1 heterocycles. The van der Waals surface area contributed by atoms with Crippen molar-refractivity contribution in [1.82, 2.24) is 4.98 Å². The molecule has 0 amide bonds. The molecule has 0 saturated carbocycles. The van der Waals surface area contributed by atoms with Crippen LogP contribution in [0.1, 0.15) is 15.9 Å². The minimum atomic E-state index is -0.387. The zero-order valence-electron chi connectivity index (χ0n) is 10.7. The molecule has 0 bridgehead atoms. The number of aromatic nitrogens is 1. The molecule has 104 valence electrons. The van der Waals surface area contributed by atoms with Gasteiger partial charge >= 0.3 is 0 Å². The van der Waals surface area contributed by atoms with Gasteiger partial charge in [0.05, 0.1) is 16.1 Å². The van der Waals surface area contributed by atoms with Gasteiger partial charge in [-0.1, -0.05) is 53.5 Å². The molecule has 0 radical (unpaired) electrons. The molecule has 2 aromatic carbocycles. The third kappa shape index (κ3) is 2.46. The highest BCUT2D eigenvalue weighted by Crippen LogP contribution is 2.24. The fraction of sp³-hybridized carbons (Fsp3) is 0. The van der Waals surface area contributed by atoms with Gasteiger partial charge in [-0.3, -0.25) is 9.59 Å². The summed E-state index contributed by atoms with van der Waals surface area (Å²) in [6.07, 6.45) is 1.39. The Morgan fingerprint density at radius 2 is 1.76 bits per heavy atom. The van der Waals surface area contributed by atoms with E-state index in [1.54, 1.807) is 36.4 Å². The van der Waals surface area contributed by atoms with Crippen molar-refractivity contribution in [3.8, 4) is 0 Å². The number of carbonyl (C=O) groups is 1. The van der Waals surface area contributed by atoms with E-state index in [9.17, 15) is 9.59 Å². The summed E-state index contributed by atoms with van der Waals surface area (Å²) >= 11 is 12.0. The monoisotopic (exact) mass is 317 g/mol. The maximum absolute atomic E-state index is 12.5. The molecule has 0 fully saturated rings. The molecule has 3 nitrogen and oxygen atoms in total. The average molecular weight is 318 g/mol. The summed E-state index contributed by atoms with van der Waals surface area (Å²) in [7, 11) is 0. The second-order valence-corrected chi connectivity index (χ2v) is 5.38. The Kier molecular flexibility index (Phi) is 3.53. The van der Waals surface area contributed by atoms with E-state index < -0.39 is 0 Å². The maximum Gasteiger partial charge on any atom is 0.200 e. The van der Waals surface area contributed by atoms with E-state index in [-0.39, 0.29) is 16.8 Å². The number of hydrogen-bond acceptors (Lipinski definition) is 2. The first kappa shape index (κ1) is 13.9. The zero-order valence-corrected chi connectivity index (χ0v) is 12.2. The fourth-order valence-corrected chi connectivity index (χ4v) is 2.72. The number of ketones is 1. The average Bonchev–Trinajstić information content (AvgIpc) is 2.48. The maximum atomic E-state index is 12.5. The first-order valence-electron chi connectivity index (χ1n) is 6.18. The third-order valence-electron chi connectivity index (χ3n) is 3.19. The number of rotatable bonds is 2. The molecule has 1 aromatic heterocycles. The quantitative estimate of drug-likeness (QED) is 0.724. The second kappa shape index (κ2) is 5.35. The number of carbonyl (C=O) groups excluding carboxylic acids is 1. The Labute approximate surface area is 130 Å². The Bertz CT molecular complexity index is 901. The van der Waals surface area contributed by atoms with Gasteiger partial charge in [-0.05, 0) is 12.1 Å². The molecule has 21 heavy (non-hydrogen) atoms. The van der Waals surface area contributed by atoms with E-state index in [4.69, 9.17) is 23.2 Å². The van der Waals surface area contributed by atoms with Gasteiger partial charge in [-0.2, -0.15) is 0 Å². The molecular weight excluding hydrogens is 309 g/mol. The molecule has 0 spiro atoms. The van der Waals surface area contributed by atoms with E-state index in [0.29, 0.717) is 26.5 Å². The smallest absolute Gasteiger partial charge is 0.200 e. The Morgan fingerprint density at radius 3 is 2.48 bits per heavy atom. The van der Waals surface area contributed by atoms with Gasteiger partial charge in [0.1, 0.15) is 0 Å². The highest BCUT2D eigenvalue weighted by Gasteiger charge is 2.16. The molecular formula is C16H9Cl2NO2. The summed E-state index contributed by atoms with van der Waals surface area (Å²) in [5.41, 5.74) is 0.597. The third-order valence-corrected chi connectivity index (χ3v) is 3.70. The van der Waals surface area contributed by atoms with Crippen LogP contribution in [0, 0.1) is 0 Å². The van der Waals surface area contributed by atoms with Crippen LogP contribution in [0.5, 0.6) is 0 Å². The summed E-state index contributed by atoms with van der Waals surface area (Å²) in [4.78, 5) is 27.8. The van der Waals surface area contributed by atoms with E-state index in [1.165, 1.54) is 12.3 Å². The van der Waals surface area contributed by atoms with Crippen molar-refractivity contribution in [2.45, 2.75) is 0 Å². The van der Waals surface area contributed by atoms with Crippen molar-refractivity contribution in [2.24, 2.45) is 0 Å². The summed E-state index contributed by atoms with van der Waals surface area (Å²) in [6, 6.07) is 11.7. The molecule has 0 aliphatic heterocycles. The Balaban J connectivity index is 2.24. The number of pyridine rings is 1. The minimum absolute atomic E-state index is 0.0621. The van der Waals surface area contributed by atoms with Crippen molar-refractivity contribution in [2.75, 3.05) is 0 Å². The molecule has 0 saturated heterocycles. The number of fused-ring (bicyclic) bond motifs is 1. The van der Waals surface area contributed by atoms with Gasteiger partial charge in [0, 0.05) is 22.2 Å². The van der Waals surface area contributed by atoms with E-state index in [2.05, 4.69) is 4.98 Å². The summed E-state index contributed by atoms with van der Waals surface area (Å²) in [5.74, 6) is -0.338. The summed E-state index contributed by atoms with van der Waals surface area (Å²) < 4.78 is 0. The minimum Gasteiger partial charge on any atom is -0.359 e. The number of aromatic amines is 1. The van der Waals surface area contributed by atoms with Crippen molar-refractivity contribution < 1.29 is 4.79 Å². The number of halogens is 2. The first-order chi connectivity index (χ1) is 10.1. The van der Waals surface area contributed by atoms with E-state index >= 15 is 0 Å². The van der Waals surface area contributed by atoms with Crippen LogP contribution in [0.4, 0.5) is 0 Å². The summed E-state index contributed by atoms with van der Waals surface area (Å²) in [5, 5.41) is 0.991. The lowest BCUT2D eigenvalue weighted by Gasteiger charge is -2.05. The van der Waals surface area contributed by atoms with Crippen LogP contribution >= 0.6 is 23.2 Å². The number of H-pyrrole nitrogens is 1. The lowest BCUT2D eigenvalue weighted by atomic mass is 10.0. The molecule has 0 atom stereocenters. The van der Waals surface area contributed by atoms with Crippen LogP contribution in [-0.2, 0) is 0 Å². The predicted molar refractivity (Wildman–Crippen MR) is 84.5 cm³/mol. The van der Waals surface area contributed by atoms with Crippen LogP contribution < -0.4 is 5.43 Å². The van der Waals surface area contributed by atoms with E-state index in [1.807, 2.05) is 0 Å². The molecule has 3 rings (SSSR count). The lowest BCUT2D eigenvalue weighted by molar-refractivity contribution is 0.103. The van der Waals surface area contributed by atoms with Crippen LogP contribution in [0.3, 0.4) is 0 Å². The highest BCUT2D eigenvalue weighted by atomic mass is 35.5. The second-order valence-electron chi connectivity index (χ2n) is 4.54. The van der Waals surface area contributed by atoms with Gasteiger partial charge in [-0.25, -0.2) is 0 Å². The Hall–Kier alpha value is -2.10. The van der Waals surface area contributed by atoms with Crippen LogP contribution in [0.2, 0.25) is 10.0 Å². The molecule has 3 aromatic rings. The Morgan fingerprint density at radius 1 is 1.05 bits per heavy atom. The number of benzene rings is 2. The molecule has 0 aliphatic carbocycles. The molecule has 5 heteroatoms. The van der Waals surface area contributed by atoms with Gasteiger partial charge in [-0.15, -0.1) is 0 Å². The van der Waals surface area contributed by atoms with Crippen LogP contribution in [-0.4, -0.2) is 10.8 Å². The molecule has 0 aliphatic rings. The van der Waals surface area contributed by atoms with Gasteiger partial charge in [0.25, 0.3) is 0 Å². The zero-order chi connectivity index (χ0) is 15.0. The fourth-order valence-electron chi connectivity index (χ4n) is 2.17. The topological polar surface area (TPSA) is 49.9 Å². The lowest BCUT2D eigenvalue weighted by Crippen LogP contribution is -2.16. The largest absolute Gasteiger partial charge is 0.359 e.